The quantitative estimate of drug-likeness (QED) is 0.622. The molecule has 0 aliphatic heterocycles. The highest BCUT2D eigenvalue weighted by Crippen LogP contribution is 2.35. The van der Waals surface area contributed by atoms with Crippen molar-refractivity contribution < 1.29 is 0 Å². The molecule has 3 nitrogen and oxygen atoms in total. The van der Waals surface area contributed by atoms with Gasteiger partial charge in [-0.15, -0.1) is 4.91 Å². The molecule has 17 heavy (non-hydrogen) atoms. The fourth-order valence-corrected chi connectivity index (χ4v) is 2.03. The van der Waals surface area contributed by atoms with Crippen LogP contribution in [0.2, 0.25) is 0 Å². The Morgan fingerprint density at radius 1 is 1.06 bits per heavy atom. The number of nitrogens with two attached hydrogens (primary N) is 1. The molecular weight excluding hydrogens is 212 g/mol. The predicted molar refractivity (Wildman–Crippen MR) is 71.2 cm³/mol. The minimum atomic E-state index is 0.317. The van der Waals surface area contributed by atoms with E-state index in [-0.39, 0.29) is 0 Å². The zero-order valence-electron chi connectivity index (χ0n) is 9.90. The SMILES string of the molecule is Cc1cc(C)cc(-c2cccc(N)c2N=O)c1. The molecule has 2 aromatic rings. The summed E-state index contributed by atoms with van der Waals surface area (Å²) < 4.78 is 0. The fraction of sp³-hybridized carbons (Fsp3) is 0.143. The molecule has 0 spiro atoms. The minimum Gasteiger partial charge on any atom is -0.397 e. The Labute approximate surface area is 100 Å². The molecule has 0 aliphatic rings. The highest BCUT2D eigenvalue weighted by atomic mass is 16.3. The monoisotopic (exact) mass is 226 g/mol. The molecule has 0 radical (unpaired) electrons. The van der Waals surface area contributed by atoms with E-state index in [0.717, 1.165) is 22.3 Å². The third-order valence-electron chi connectivity index (χ3n) is 2.69. The maximum atomic E-state index is 10.9. The van der Waals surface area contributed by atoms with Crippen molar-refractivity contribution in [2.45, 2.75) is 13.8 Å². The van der Waals surface area contributed by atoms with Crippen LogP contribution in [0.3, 0.4) is 0 Å². The molecule has 0 amide bonds. The number of benzene rings is 2. The molecule has 86 valence electrons. The van der Waals surface area contributed by atoms with E-state index >= 15 is 0 Å². The molecule has 3 heteroatoms. The summed E-state index contributed by atoms with van der Waals surface area (Å²) in [6.45, 7) is 4.05. The highest BCUT2D eigenvalue weighted by molar-refractivity contribution is 5.84. The summed E-state index contributed by atoms with van der Waals surface area (Å²) in [6, 6.07) is 11.5. The van der Waals surface area contributed by atoms with Crippen molar-refractivity contribution in [1.82, 2.24) is 0 Å². The van der Waals surface area contributed by atoms with E-state index in [1.54, 1.807) is 6.07 Å². The van der Waals surface area contributed by atoms with E-state index in [9.17, 15) is 4.91 Å². The van der Waals surface area contributed by atoms with Crippen molar-refractivity contribution in [1.29, 1.82) is 0 Å². The Bertz CT molecular complexity index is 556. The summed E-state index contributed by atoms with van der Waals surface area (Å²) in [4.78, 5) is 10.9. The lowest BCUT2D eigenvalue weighted by atomic mass is 9.99. The predicted octanol–water partition coefficient (Wildman–Crippen LogP) is 3.95. The van der Waals surface area contributed by atoms with E-state index in [4.69, 9.17) is 5.73 Å². The lowest BCUT2D eigenvalue weighted by molar-refractivity contribution is 1.38. The Kier molecular flexibility index (Phi) is 2.91. The van der Waals surface area contributed by atoms with Crippen LogP contribution in [0.25, 0.3) is 11.1 Å². The number of nitrogen functional groups attached to an aromatic ring is 1. The van der Waals surface area contributed by atoms with Crippen molar-refractivity contribution in [2.75, 3.05) is 5.73 Å². The summed E-state index contributed by atoms with van der Waals surface area (Å²) in [5.41, 5.74) is 10.5. The Morgan fingerprint density at radius 2 is 1.71 bits per heavy atom. The number of hydrogen-bond acceptors (Lipinski definition) is 3. The van der Waals surface area contributed by atoms with Crippen molar-refractivity contribution in [3.63, 3.8) is 0 Å². The van der Waals surface area contributed by atoms with Gasteiger partial charge in [-0.25, -0.2) is 0 Å². The third kappa shape index (κ3) is 2.18. The summed E-state index contributed by atoms with van der Waals surface area (Å²) in [5.74, 6) is 0. The summed E-state index contributed by atoms with van der Waals surface area (Å²) in [5, 5.41) is 3.03. The number of rotatable bonds is 2. The van der Waals surface area contributed by atoms with Crippen LogP contribution in [0, 0.1) is 18.8 Å². The zero-order valence-corrected chi connectivity index (χ0v) is 9.90. The van der Waals surface area contributed by atoms with Gasteiger partial charge in [-0.3, -0.25) is 0 Å². The van der Waals surface area contributed by atoms with Gasteiger partial charge in [-0.05, 0) is 30.7 Å². The van der Waals surface area contributed by atoms with Gasteiger partial charge in [-0.1, -0.05) is 41.5 Å². The number of nitrogens with zero attached hydrogens (tertiary/aromatic N) is 1. The number of nitroso groups, excluding NO2 is 1. The average molecular weight is 226 g/mol. The second-order valence-corrected chi connectivity index (χ2v) is 4.21. The molecule has 2 aromatic carbocycles. The van der Waals surface area contributed by atoms with Crippen LogP contribution >= 0.6 is 0 Å². The van der Waals surface area contributed by atoms with Crippen LogP contribution in [0.1, 0.15) is 11.1 Å². The molecule has 0 atom stereocenters. The summed E-state index contributed by atoms with van der Waals surface area (Å²) >= 11 is 0. The molecule has 2 rings (SSSR count). The molecular formula is C14H14N2O. The van der Waals surface area contributed by atoms with Gasteiger partial charge in [0, 0.05) is 5.56 Å². The van der Waals surface area contributed by atoms with Gasteiger partial charge in [-0.2, -0.15) is 0 Å². The van der Waals surface area contributed by atoms with Crippen LogP contribution in [0.15, 0.2) is 41.6 Å². The number of hydrogen-bond donors (Lipinski definition) is 1. The third-order valence-corrected chi connectivity index (χ3v) is 2.69. The fourth-order valence-electron chi connectivity index (χ4n) is 2.03. The molecule has 2 N–H and O–H groups in total. The largest absolute Gasteiger partial charge is 0.397 e. The van der Waals surface area contributed by atoms with Crippen LogP contribution < -0.4 is 5.73 Å². The standard InChI is InChI=1S/C14H14N2O/c1-9-6-10(2)8-11(7-9)12-4-3-5-13(15)14(12)16-17/h3-8H,15H2,1-2H3. The molecule has 0 aromatic heterocycles. The van der Waals surface area contributed by atoms with Gasteiger partial charge in [0.15, 0.2) is 0 Å². The first-order chi connectivity index (χ1) is 8.11. The van der Waals surface area contributed by atoms with Crippen molar-refractivity contribution in [2.24, 2.45) is 5.18 Å². The molecule has 0 unspecified atom stereocenters. The van der Waals surface area contributed by atoms with Crippen LogP contribution in [0.4, 0.5) is 11.4 Å². The second-order valence-electron chi connectivity index (χ2n) is 4.21. The number of aryl methyl sites for hydroxylation is 2. The van der Waals surface area contributed by atoms with Gasteiger partial charge >= 0.3 is 0 Å². The topological polar surface area (TPSA) is 55.4 Å². The Hall–Kier alpha value is -2.16. The lowest BCUT2D eigenvalue weighted by Crippen LogP contribution is -1.89. The zero-order chi connectivity index (χ0) is 12.4. The second kappa shape index (κ2) is 4.37. The maximum Gasteiger partial charge on any atom is 0.138 e. The first-order valence-corrected chi connectivity index (χ1v) is 5.42. The van der Waals surface area contributed by atoms with Crippen molar-refractivity contribution in [3.05, 3.63) is 52.4 Å². The van der Waals surface area contributed by atoms with E-state index in [1.807, 2.05) is 38.1 Å². The van der Waals surface area contributed by atoms with Gasteiger partial charge in [0.25, 0.3) is 0 Å². The molecule has 0 aliphatic carbocycles. The molecule has 0 heterocycles. The van der Waals surface area contributed by atoms with E-state index < -0.39 is 0 Å². The van der Waals surface area contributed by atoms with Crippen LogP contribution in [-0.4, -0.2) is 0 Å². The number of anilines is 1. The van der Waals surface area contributed by atoms with Gasteiger partial charge in [0.1, 0.15) is 5.69 Å². The van der Waals surface area contributed by atoms with Gasteiger partial charge in [0.05, 0.1) is 5.69 Å². The van der Waals surface area contributed by atoms with Gasteiger partial charge < -0.3 is 5.73 Å². The summed E-state index contributed by atoms with van der Waals surface area (Å²) in [6.07, 6.45) is 0. The van der Waals surface area contributed by atoms with Crippen molar-refractivity contribution >= 4 is 11.4 Å². The van der Waals surface area contributed by atoms with E-state index in [1.165, 1.54) is 0 Å². The minimum absolute atomic E-state index is 0.317. The van der Waals surface area contributed by atoms with Crippen LogP contribution in [0.5, 0.6) is 0 Å². The molecule has 0 fully saturated rings. The maximum absolute atomic E-state index is 10.9. The molecule has 0 saturated carbocycles. The molecule has 0 bridgehead atoms. The van der Waals surface area contributed by atoms with Gasteiger partial charge in [0.2, 0.25) is 0 Å². The average Bonchev–Trinajstić information content (AvgIpc) is 2.27. The lowest BCUT2D eigenvalue weighted by Gasteiger charge is -2.08. The smallest absolute Gasteiger partial charge is 0.138 e. The Balaban J connectivity index is 2.67. The summed E-state index contributed by atoms with van der Waals surface area (Å²) in [7, 11) is 0. The van der Waals surface area contributed by atoms with Crippen LogP contribution in [-0.2, 0) is 0 Å². The molecule has 0 saturated heterocycles. The first kappa shape index (κ1) is 11.3. The van der Waals surface area contributed by atoms with E-state index in [0.29, 0.717) is 11.4 Å². The Morgan fingerprint density at radius 3 is 2.29 bits per heavy atom. The normalized spacial score (nSPS) is 10.2. The van der Waals surface area contributed by atoms with Crippen molar-refractivity contribution in [3.8, 4) is 11.1 Å². The van der Waals surface area contributed by atoms with E-state index in [2.05, 4.69) is 11.2 Å². The highest BCUT2D eigenvalue weighted by Gasteiger charge is 2.09. The first-order valence-electron chi connectivity index (χ1n) is 5.42.